The van der Waals surface area contributed by atoms with Crippen molar-refractivity contribution < 1.29 is 18.3 Å². The molecule has 0 radical (unpaired) electrons. The third-order valence-corrected chi connectivity index (χ3v) is 3.99. The summed E-state index contributed by atoms with van der Waals surface area (Å²) in [5, 5.41) is 5.25. The van der Waals surface area contributed by atoms with Crippen molar-refractivity contribution in [3.63, 3.8) is 0 Å². The van der Waals surface area contributed by atoms with E-state index in [4.69, 9.17) is 0 Å². The smallest absolute Gasteiger partial charge is 0.387 e. The number of rotatable bonds is 5. The molecule has 2 N–H and O–H groups in total. The standard InChI is InChI=1S/C20H15F2N5O2/c21-18(22)29-16-4-1-3-15(11-16)25-20(28)24-14-7-5-13(6-8-14)17-12-27-10-2-9-23-19(27)26-17/h1-12,18H,(H2,24,25,28). The molecule has 0 spiro atoms. The van der Waals surface area contributed by atoms with Gasteiger partial charge in [-0.15, -0.1) is 0 Å². The van der Waals surface area contributed by atoms with Crippen LogP contribution in [0.5, 0.6) is 5.75 Å². The van der Waals surface area contributed by atoms with Crippen LogP contribution in [0.3, 0.4) is 0 Å². The molecule has 0 saturated heterocycles. The van der Waals surface area contributed by atoms with Gasteiger partial charge >= 0.3 is 12.6 Å². The SMILES string of the molecule is O=C(Nc1ccc(-c2cn3cccnc3n2)cc1)Nc1cccc(OC(F)F)c1. The van der Waals surface area contributed by atoms with Gasteiger partial charge in [0.1, 0.15) is 5.75 Å². The van der Waals surface area contributed by atoms with Gasteiger partial charge in [-0.05, 0) is 30.3 Å². The Hall–Kier alpha value is -4.01. The summed E-state index contributed by atoms with van der Waals surface area (Å²) in [6.07, 6.45) is 5.40. The molecule has 0 aliphatic heterocycles. The predicted molar refractivity (Wildman–Crippen MR) is 104 cm³/mol. The van der Waals surface area contributed by atoms with Crippen LogP contribution in [0.2, 0.25) is 0 Å². The lowest BCUT2D eigenvalue weighted by atomic mass is 10.1. The van der Waals surface area contributed by atoms with Gasteiger partial charge in [0.25, 0.3) is 0 Å². The number of carbonyl (C=O) groups is 1. The van der Waals surface area contributed by atoms with E-state index in [2.05, 4.69) is 25.3 Å². The van der Waals surface area contributed by atoms with Crippen LogP contribution in [-0.4, -0.2) is 27.0 Å². The number of nitrogens with one attached hydrogen (secondary N) is 2. The number of fused-ring (bicyclic) bond motifs is 1. The molecule has 9 heteroatoms. The minimum atomic E-state index is -2.93. The molecule has 0 bridgehead atoms. The maximum atomic E-state index is 12.3. The first-order chi connectivity index (χ1) is 14.1. The number of alkyl halides is 2. The Morgan fingerprint density at radius 1 is 1.03 bits per heavy atom. The van der Waals surface area contributed by atoms with E-state index in [0.29, 0.717) is 17.2 Å². The summed E-state index contributed by atoms with van der Waals surface area (Å²) in [6.45, 7) is -2.93. The van der Waals surface area contributed by atoms with E-state index in [1.165, 1.54) is 18.2 Å². The molecular weight excluding hydrogens is 380 g/mol. The fraction of sp³-hybridized carbons (Fsp3) is 0.0500. The first kappa shape index (κ1) is 18.4. The molecule has 2 aromatic carbocycles. The number of imidazole rings is 1. The minimum absolute atomic E-state index is 0.0379. The van der Waals surface area contributed by atoms with Gasteiger partial charge in [-0.1, -0.05) is 18.2 Å². The van der Waals surface area contributed by atoms with Gasteiger partial charge in [-0.25, -0.2) is 14.8 Å². The van der Waals surface area contributed by atoms with E-state index in [1.807, 2.05) is 35.0 Å². The van der Waals surface area contributed by atoms with E-state index in [0.717, 1.165) is 11.3 Å². The van der Waals surface area contributed by atoms with E-state index in [-0.39, 0.29) is 5.75 Å². The molecular formula is C20H15F2N5O2. The van der Waals surface area contributed by atoms with Crippen LogP contribution in [0, 0.1) is 0 Å². The van der Waals surface area contributed by atoms with Gasteiger partial charge in [0.05, 0.1) is 5.69 Å². The monoisotopic (exact) mass is 395 g/mol. The third kappa shape index (κ3) is 4.46. The Labute approximate surface area is 164 Å². The molecule has 0 saturated carbocycles. The number of amides is 2. The topological polar surface area (TPSA) is 80.6 Å². The maximum Gasteiger partial charge on any atom is 0.387 e. The van der Waals surface area contributed by atoms with Gasteiger partial charge in [0.2, 0.25) is 5.78 Å². The van der Waals surface area contributed by atoms with Crippen LogP contribution in [0.1, 0.15) is 0 Å². The highest BCUT2D eigenvalue weighted by Crippen LogP contribution is 2.22. The van der Waals surface area contributed by atoms with Crippen molar-refractivity contribution in [3.05, 3.63) is 73.2 Å². The number of carbonyl (C=O) groups excluding carboxylic acids is 1. The van der Waals surface area contributed by atoms with Gasteiger partial charge in [0.15, 0.2) is 0 Å². The normalized spacial score (nSPS) is 10.9. The number of ether oxygens (including phenoxy) is 1. The zero-order valence-corrected chi connectivity index (χ0v) is 14.9. The molecule has 0 unspecified atom stereocenters. The molecule has 29 heavy (non-hydrogen) atoms. The first-order valence-corrected chi connectivity index (χ1v) is 8.60. The largest absolute Gasteiger partial charge is 0.435 e. The first-order valence-electron chi connectivity index (χ1n) is 8.60. The fourth-order valence-corrected chi connectivity index (χ4v) is 2.74. The molecule has 2 amide bonds. The molecule has 4 aromatic rings. The highest BCUT2D eigenvalue weighted by Gasteiger charge is 2.08. The second kappa shape index (κ2) is 7.93. The van der Waals surface area contributed by atoms with Crippen molar-refractivity contribution in [1.82, 2.24) is 14.4 Å². The molecule has 7 nitrogen and oxygen atoms in total. The third-order valence-electron chi connectivity index (χ3n) is 3.99. The predicted octanol–water partition coefficient (Wildman–Crippen LogP) is 4.64. The van der Waals surface area contributed by atoms with Crippen LogP contribution in [-0.2, 0) is 0 Å². The molecule has 0 aliphatic rings. The van der Waals surface area contributed by atoms with Crippen molar-refractivity contribution in [1.29, 1.82) is 0 Å². The molecule has 0 aliphatic carbocycles. The summed E-state index contributed by atoms with van der Waals surface area (Å²) in [7, 11) is 0. The quantitative estimate of drug-likeness (QED) is 0.516. The molecule has 0 fully saturated rings. The highest BCUT2D eigenvalue weighted by molar-refractivity contribution is 5.99. The lowest BCUT2D eigenvalue weighted by Crippen LogP contribution is -2.19. The van der Waals surface area contributed by atoms with Crippen molar-refractivity contribution in [3.8, 4) is 17.0 Å². The van der Waals surface area contributed by atoms with Crippen molar-refractivity contribution in [2.75, 3.05) is 10.6 Å². The second-order valence-corrected chi connectivity index (χ2v) is 6.02. The van der Waals surface area contributed by atoms with Crippen molar-refractivity contribution in [2.45, 2.75) is 6.61 Å². The second-order valence-electron chi connectivity index (χ2n) is 6.02. The zero-order valence-electron chi connectivity index (χ0n) is 14.9. The summed E-state index contributed by atoms with van der Waals surface area (Å²) in [5.41, 5.74) is 2.52. The van der Waals surface area contributed by atoms with Crippen LogP contribution in [0.15, 0.2) is 73.2 Å². The molecule has 0 atom stereocenters. The molecule has 146 valence electrons. The van der Waals surface area contributed by atoms with Gasteiger partial charge < -0.3 is 15.4 Å². The number of halogens is 2. The lowest BCUT2D eigenvalue weighted by Gasteiger charge is -2.10. The van der Waals surface area contributed by atoms with Crippen molar-refractivity contribution in [2.24, 2.45) is 0 Å². The van der Waals surface area contributed by atoms with E-state index >= 15 is 0 Å². The number of aromatic nitrogens is 3. The van der Waals surface area contributed by atoms with Gasteiger partial charge in [-0.2, -0.15) is 8.78 Å². The molecule has 2 aromatic heterocycles. The van der Waals surface area contributed by atoms with E-state index in [1.54, 1.807) is 24.4 Å². The molecule has 2 heterocycles. The Kier molecular flexibility index (Phi) is 5.02. The number of urea groups is 1. The Bertz CT molecular complexity index is 1110. The summed E-state index contributed by atoms with van der Waals surface area (Å²) in [5.74, 6) is 0.561. The van der Waals surface area contributed by atoms with E-state index in [9.17, 15) is 13.6 Å². The summed E-state index contributed by atoms with van der Waals surface area (Å²) in [6, 6.07) is 14.2. The van der Waals surface area contributed by atoms with Crippen LogP contribution >= 0.6 is 0 Å². The Morgan fingerprint density at radius 2 is 1.83 bits per heavy atom. The van der Waals surface area contributed by atoms with Gasteiger partial charge in [0, 0.05) is 41.6 Å². The summed E-state index contributed by atoms with van der Waals surface area (Å²) in [4.78, 5) is 20.8. The maximum absolute atomic E-state index is 12.3. The zero-order chi connectivity index (χ0) is 20.2. The lowest BCUT2D eigenvalue weighted by molar-refractivity contribution is -0.0497. The fourth-order valence-electron chi connectivity index (χ4n) is 2.74. The Morgan fingerprint density at radius 3 is 2.59 bits per heavy atom. The number of benzene rings is 2. The number of anilines is 2. The van der Waals surface area contributed by atoms with Crippen LogP contribution in [0.4, 0.5) is 25.0 Å². The average Bonchev–Trinajstić information content (AvgIpc) is 3.12. The van der Waals surface area contributed by atoms with Crippen LogP contribution in [0.25, 0.3) is 17.0 Å². The van der Waals surface area contributed by atoms with E-state index < -0.39 is 12.6 Å². The molecule has 4 rings (SSSR count). The number of hydrogen-bond acceptors (Lipinski definition) is 4. The average molecular weight is 395 g/mol. The number of nitrogens with zero attached hydrogens (tertiary/aromatic N) is 3. The summed E-state index contributed by atoms with van der Waals surface area (Å²) >= 11 is 0. The Balaban J connectivity index is 1.41. The van der Waals surface area contributed by atoms with Gasteiger partial charge in [-0.3, -0.25) is 4.40 Å². The highest BCUT2D eigenvalue weighted by atomic mass is 19.3. The summed E-state index contributed by atoms with van der Waals surface area (Å²) < 4.78 is 30.7. The van der Waals surface area contributed by atoms with Crippen molar-refractivity contribution >= 4 is 23.2 Å². The van der Waals surface area contributed by atoms with Crippen LogP contribution < -0.4 is 15.4 Å². The minimum Gasteiger partial charge on any atom is -0.435 e. The number of hydrogen-bond donors (Lipinski definition) is 2.